The van der Waals surface area contributed by atoms with Crippen LogP contribution in [0.3, 0.4) is 0 Å². The van der Waals surface area contributed by atoms with E-state index >= 15 is 0 Å². The van der Waals surface area contributed by atoms with Gasteiger partial charge in [0.05, 0.1) is 18.9 Å². The Balaban J connectivity index is 2.19. The minimum Gasteiger partial charge on any atom is -0.481 e. The van der Waals surface area contributed by atoms with Crippen molar-refractivity contribution in [1.82, 2.24) is 4.90 Å². The van der Waals surface area contributed by atoms with Crippen LogP contribution < -0.4 is 0 Å². The average molecular weight is 270 g/mol. The molecule has 0 spiro atoms. The van der Waals surface area contributed by atoms with E-state index in [2.05, 4.69) is 4.90 Å². The van der Waals surface area contributed by atoms with Crippen molar-refractivity contribution >= 4 is 17.7 Å². The molecule has 1 N–H and O–H groups in total. The molecule has 18 heavy (non-hydrogen) atoms. The largest absolute Gasteiger partial charge is 0.481 e. The molecule has 4 nitrogen and oxygen atoms in total. The maximum absolute atomic E-state index is 7.49. The fourth-order valence-corrected chi connectivity index (χ4v) is 2.31. The Morgan fingerprint density at radius 2 is 2.11 bits per heavy atom. The molecule has 0 atom stereocenters. The summed E-state index contributed by atoms with van der Waals surface area (Å²) in [5, 5.41) is 7.49. The summed E-state index contributed by atoms with van der Waals surface area (Å²) in [6.45, 7) is 3.31. The summed E-state index contributed by atoms with van der Waals surface area (Å²) in [5.41, 5.74) is 0. The molecule has 1 rings (SSSR count). The van der Waals surface area contributed by atoms with Crippen LogP contribution in [-0.2, 0) is 17.0 Å². The van der Waals surface area contributed by atoms with Crippen molar-refractivity contribution in [2.24, 2.45) is 0 Å². The molecule has 1 heterocycles. The van der Waals surface area contributed by atoms with Gasteiger partial charge >= 0.3 is 0 Å². The van der Waals surface area contributed by atoms with E-state index in [0.717, 1.165) is 29.6 Å². The van der Waals surface area contributed by atoms with E-state index in [1.807, 2.05) is 33.2 Å². The standard InChI is InChI=1S/C13H22N2O2S/c1-4-16-13(14)7-8-18-10-12-6-5-11(17-12)9-15(2)3/h5-6,14H,4,7-10H2,1-3H3. The lowest BCUT2D eigenvalue weighted by Crippen LogP contribution is -2.09. The van der Waals surface area contributed by atoms with Crippen LogP contribution in [0.1, 0.15) is 24.9 Å². The summed E-state index contributed by atoms with van der Waals surface area (Å²) in [4.78, 5) is 2.08. The van der Waals surface area contributed by atoms with Crippen molar-refractivity contribution in [1.29, 1.82) is 5.41 Å². The van der Waals surface area contributed by atoms with Gasteiger partial charge in [-0.3, -0.25) is 5.41 Å². The fourth-order valence-electron chi connectivity index (χ4n) is 1.48. The lowest BCUT2D eigenvalue weighted by Gasteiger charge is -2.06. The fraction of sp³-hybridized carbons (Fsp3) is 0.615. The highest BCUT2D eigenvalue weighted by molar-refractivity contribution is 7.98. The van der Waals surface area contributed by atoms with Crippen molar-refractivity contribution in [3.05, 3.63) is 23.7 Å². The maximum atomic E-state index is 7.49. The summed E-state index contributed by atoms with van der Waals surface area (Å²) in [7, 11) is 4.05. The Morgan fingerprint density at radius 1 is 1.39 bits per heavy atom. The van der Waals surface area contributed by atoms with Crippen molar-refractivity contribution in [2.45, 2.75) is 25.6 Å². The zero-order chi connectivity index (χ0) is 13.4. The molecule has 0 aliphatic heterocycles. The molecule has 5 heteroatoms. The van der Waals surface area contributed by atoms with Gasteiger partial charge in [-0.2, -0.15) is 11.8 Å². The molecule has 0 bridgehead atoms. The lowest BCUT2D eigenvalue weighted by molar-refractivity contribution is 0.316. The number of thioether (sulfide) groups is 1. The number of nitrogens with zero attached hydrogens (tertiary/aromatic N) is 1. The summed E-state index contributed by atoms with van der Waals surface area (Å²) in [6.07, 6.45) is 0.684. The third-order valence-corrected chi connectivity index (χ3v) is 3.21. The van der Waals surface area contributed by atoms with Gasteiger partial charge < -0.3 is 14.1 Å². The third kappa shape index (κ3) is 6.12. The molecule has 0 unspecified atom stereocenters. The Morgan fingerprint density at radius 3 is 2.78 bits per heavy atom. The number of rotatable bonds is 8. The van der Waals surface area contributed by atoms with E-state index in [4.69, 9.17) is 14.6 Å². The highest BCUT2D eigenvalue weighted by Gasteiger charge is 2.04. The molecule has 0 aliphatic carbocycles. The first-order chi connectivity index (χ1) is 8.61. The Hall–Kier alpha value is -0.940. The van der Waals surface area contributed by atoms with Crippen molar-refractivity contribution in [3.8, 4) is 0 Å². The second-order valence-corrected chi connectivity index (χ2v) is 5.37. The lowest BCUT2D eigenvalue weighted by atomic mass is 10.4. The van der Waals surface area contributed by atoms with E-state index in [-0.39, 0.29) is 0 Å². The molecule has 0 radical (unpaired) electrons. The minimum absolute atomic E-state index is 0.373. The number of nitrogens with one attached hydrogen (secondary N) is 1. The van der Waals surface area contributed by atoms with Gasteiger partial charge in [-0.15, -0.1) is 0 Å². The maximum Gasteiger partial charge on any atom is 0.181 e. The summed E-state index contributed by atoms with van der Waals surface area (Å²) in [6, 6.07) is 4.05. The van der Waals surface area contributed by atoms with E-state index in [0.29, 0.717) is 18.9 Å². The van der Waals surface area contributed by atoms with Gasteiger partial charge in [0.2, 0.25) is 0 Å². The number of ether oxygens (including phenoxy) is 1. The van der Waals surface area contributed by atoms with Crippen LogP contribution in [0, 0.1) is 5.41 Å². The molecule has 0 aromatic carbocycles. The molecule has 0 aliphatic rings. The molecule has 0 saturated heterocycles. The molecule has 1 aromatic rings. The van der Waals surface area contributed by atoms with Crippen LogP contribution in [0.4, 0.5) is 0 Å². The highest BCUT2D eigenvalue weighted by Crippen LogP contribution is 2.17. The second kappa shape index (κ2) is 8.21. The smallest absolute Gasteiger partial charge is 0.181 e. The van der Waals surface area contributed by atoms with Crippen LogP contribution in [0.25, 0.3) is 0 Å². The first kappa shape index (κ1) is 15.1. The topological polar surface area (TPSA) is 49.5 Å². The van der Waals surface area contributed by atoms with Gasteiger partial charge in [-0.05, 0) is 33.2 Å². The number of furan rings is 1. The van der Waals surface area contributed by atoms with Crippen molar-refractivity contribution in [3.63, 3.8) is 0 Å². The quantitative estimate of drug-likeness (QED) is 0.448. The summed E-state index contributed by atoms with van der Waals surface area (Å²) >= 11 is 1.76. The van der Waals surface area contributed by atoms with Gasteiger partial charge in [-0.25, -0.2) is 0 Å². The van der Waals surface area contributed by atoms with E-state index in [1.165, 1.54) is 0 Å². The molecule has 0 fully saturated rings. The van der Waals surface area contributed by atoms with Crippen molar-refractivity contribution < 1.29 is 9.15 Å². The summed E-state index contributed by atoms with van der Waals surface area (Å²) in [5.74, 6) is 4.12. The predicted octanol–water partition coefficient (Wildman–Crippen LogP) is 2.98. The van der Waals surface area contributed by atoms with Crippen LogP contribution in [0.15, 0.2) is 16.5 Å². The van der Waals surface area contributed by atoms with Crippen LogP contribution >= 0.6 is 11.8 Å². The molecule has 102 valence electrons. The zero-order valence-electron chi connectivity index (χ0n) is 11.4. The molecular formula is C13H22N2O2S. The predicted molar refractivity (Wildman–Crippen MR) is 76.2 cm³/mol. The van der Waals surface area contributed by atoms with Crippen LogP contribution in [-0.4, -0.2) is 37.3 Å². The third-order valence-electron chi connectivity index (χ3n) is 2.23. The van der Waals surface area contributed by atoms with Crippen LogP contribution in [0.2, 0.25) is 0 Å². The van der Waals surface area contributed by atoms with E-state index in [1.54, 1.807) is 11.8 Å². The van der Waals surface area contributed by atoms with E-state index in [9.17, 15) is 0 Å². The van der Waals surface area contributed by atoms with Gasteiger partial charge in [0.25, 0.3) is 0 Å². The summed E-state index contributed by atoms with van der Waals surface area (Å²) < 4.78 is 10.8. The Kier molecular flexibility index (Phi) is 6.90. The van der Waals surface area contributed by atoms with Gasteiger partial charge in [0.1, 0.15) is 11.5 Å². The van der Waals surface area contributed by atoms with Gasteiger partial charge in [0.15, 0.2) is 5.90 Å². The van der Waals surface area contributed by atoms with Gasteiger partial charge in [0, 0.05) is 12.2 Å². The monoisotopic (exact) mass is 270 g/mol. The molecule has 0 saturated carbocycles. The first-order valence-corrected chi connectivity index (χ1v) is 7.27. The van der Waals surface area contributed by atoms with Crippen molar-refractivity contribution in [2.75, 3.05) is 26.5 Å². The Labute approximate surface area is 113 Å². The first-order valence-electron chi connectivity index (χ1n) is 6.12. The van der Waals surface area contributed by atoms with Gasteiger partial charge in [-0.1, -0.05) is 0 Å². The minimum atomic E-state index is 0.373. The van der Waals surface area contributed by atoms with Crippen LogP contribution in [0.5, 0.6) is 0 Å². The second-order valence-electron chi connectivity index (χ2n) is 4.26. The zero-order valence-corrected chi connectivity index (χ0v) is 12.2. The normalized spacial score (nSPS) is 10.9. The molecular weight excluding hydrogens is 248 g/mol. The average Bonchev–Trinajstić information content (AvgIpc) is 2.71. The number of hydrogen-bond donors (Lipinski definition) is 1. The number of hydrogen-bond acceptors (Lipinski definition) is 5. The van der Waals surface area contributed by atoms with E-state index < -0.39 is 0 Å². The molecule has 1 aromatic heterocycles. The molecule has 0 amide bonds. The SMILES string of the molecule is CCOC(=N)CCSCc1ccc(CN(C)C)o1. The Bertz CT molecular complexity index is 364. The highest BCUT2D eigenvalue weighted by atomic mass is 32.2.